The maximum atomic E-state index is 12.2. The Kier molecular flexibility index (Phi) is 4.39. The maximum Gasteiger partial charge on any atom is 0.406 e. The van der Waals surface area contributed by atoms with Gasteiger partial charge in [-0.15, -0.1) is 0 Å². The summed E-state index contributed by atoms with van der Waals surface area (Å²) in [4.78, 5) is 25.0. The van der Waals surface area contributed by atoms with Crippen LogP contribution in [0.3, 0.4) is 0 Å². The van der Waals surface area contributed by atoms with Crippen molar-refractivity contribution in [2.24, 2.45) is 5.92 Å². The summed E-state index contributed by atoms with van der Waals surface area (Å²) in [5.41, 5.74) is 0. The molecule has 1 N–H and O–H groups in total. The van der Waals surface area contributed by atoms with Gasteiger partial charge in [0.05, 0.1) is 6.67 Å². The number of nitrogens with zero attached hydrogens (tertiary/aromatic N) is 2. The molecule has 0 aromatic carbocycles. The largest absolute Gasteiger partial charge is 0.406 e. The van der Waals surface area contributed by atoms with Crippen LogP contribution in [0.5, 0.6) is 0 Å². The molecule has 5 nitrogen and oxygen atoms in total. The van der Waals surface area contributed by atoms with E-state index in [-0.39, 0.29) is 13.2 Å². The first-order valence-corrected chi connectivity index (χ1v) is 6.72. The Balaban J connectivity index is 1.78. The minimum atomic E-state index is -4.44. The molecule has 2 aliphatic rings. The molecule has 114 valence electrons. The number of nitrogens with one attached hydrogen (secondary N) is 1. The van der Waals surface area contributed by atoms with Gasteiger partial charge in [-0.3, -0.25) is 9.69 Å². The fraction of sp³-hybridized carbons (Fsp3) is 0.833. The first-order chi connectivity index (χ1) is 9.35. The summed E-state index contributed by atoms with van der Waals surface area (Å²) in [7, 11) is 0. The predicted molar refractivity (Wildman–Crippen MR) is 64.7 cm³/mol. The smallest absolute Gasteiger partial charge is 0.338 e. The molecule has 0 spiro atoms. The quantitative estimate of drug-likeness (QED) is 0.858. The van der Waals surface area contributed by atoms with Crippen molar-refractivity contribution in [2.75, 3.05) is 26.3 Å². The van der Waals surface area contributed by atoms with Crippen LogP contribution in [0.25, 0.3) is 0 Å². The van der Waals surface area contributed by atoms with E-state index in [1.54, 1.807) is 0 Å². The Morgan fingerprint density at radius 3 is 2.55 bits per heavy atom. The second-order valence-corrected chi connectivity index (χ2v) is 5.38. The maximum absolute atomic E-state index is 12.2. The van der Waals surface area contributed by atoms with E-state index in [1.165, 1.54) is 0 Å². The summed E-state index contributed by atoms with van der Waals surface area (Å²) in [6.45, 7) is -1.36. The van der Waals surface area contributed by atoms with Crippen LogP contribution in [0.1, 0.15) is 25.7 Å². The molecule has 2 rings (SSSR count). The molecule has 0 bridgehead atoms. The summed E-state index contributed by atoms with van der Waals surface area (Å²) in [5, 5.41) is 2.70. The zero-order valence-corrected chi connectivity index (χ0v) is 11.1. The molecule has 1 saturated carbocycles. The number of hydrogen-bond acceptors (Lipinski definition) is 2. The van der Waals surface area contributed by atoms with Crippen LogP contribution in [0, 0.1) is 5.92 Å². The Morgan fingerprint density at radius 1 is 1.30 bits per heavy atom. The second-order valence-electron chi connectivity index (χ2n) is 5.38. The van der Waals surface area contributed by atoms with E-state index in [1.807, 2.05) is 0 Å². The van der Waals surface area contributed by atoms with Crippen LogP contribution >= 0.6 is 0 Å². The molecule has 0 aromatic rings. The molecule has 1 aliphatic heterocycles. The van der Waals surface area contributed by atoms with Crippen molar-refractivity contribution < 1.29 is 22.8 Å². The number of carbonyl (C=O) groups excluding carboxylic acids is 2. The van der Waals surface area contributed by atoms with Crippen LogP contribution in [0.4, 0.5) is 18.0 Å². The van der Waals surface area contributed by atoms with Crippen molar-refractivity contribution in [3.63, 3.8) is 0 Å². The lowest BCUT2D eigenvalue weighted by Gasteiger charge is -2.20. The molecule has 1 heterocycles. The molecule has 8 heteroatoms. The fourth-order valence-corrected chi connectivity index (χ4v) is 2.65. The standard InChI is InChI=1S/C12H18F3N3O2/c13-12(14,15)7-18-8-17(6-10(18)19)11(20)16-5-9-3-1-2-4-9/h9H,1-8H2,(H,16,20). The first kappa shape index (κ1) is 14.9. The van der Waals surface area contributed by atoms with E-state index in [0.29, 0.717) is 17.4 Å². The Labute approximate surface area is 115 Å². The number of carbonyl (C=O) groups is 2. The van der Waals surface area contributed by atoms with E-state index in [0.717, 1.165) is 30.6 Å². The molecular weight excluding hydrogens is 275 g/mol. The van der Waals surface area contributed by atoms with Crippen molar-refractivity contribution in [1.29, 1.82) is 0 Å². The number of hydrogen-bond donors (Lipinski definition) is 1. The van der Waals surface area contributed by atoms with Crippen LogP contribution in [0.2, 0.25) is 0 Å². The molecular formula is C12H18F3N3O2. The molecule has 0 aromatic heterocycles. The van der Waals surface area contributed by atoms with Crippen LogP contribution in [0.15, 0.2) is 0 Å². The summed E-state index contributed by atoms with van der Waals surface area (Å²) >= 11 is 0. The van der Waals surface area contributed by atoms with Gasteiger partial charge < -0.3 is 10.2 Å². The highest BCUT2D eigenvalue weighted by Crippen LogP contribution is 2.24. The zero-order chi connectivity index (χ0) is 14.8. The van der Waals surface area contributed by atoms with Crippen molar-refractivity contribution in [1.82, 2.24) is 15.1 Å². The van der Waals surface area contributed by atoms with Gasteiger partial charge in [0.2, 0.25) is 5.91 Å². The van der Waals surface area contributed by atoms with Crippen molar-refractivity contribution >= 4 is 11.9 Å². The topological polar surface area (TPSA) is 52.7 Å². The number of rotatable bonds is 3. The summed E-state index contributed by atoms with van der Waals surface area (Å²) < 4.78 is 36.7. The molecule has 0 atom stereocenters. The predicted octanol–water partition coefficient (Wildman–Crippen LogP) is 1.55. The monoisotopic (exact) mass is 293 g/mol. The van der Waals surface area contributed by atoms with Gasteiger partial charge in [0.25, 0.3) is 0 Å². The average Bonchev–Trinajstić information content (AvgIpc) is 2.95. The molecule has 1 aliphatic carbocycles. The van der Waals surface area contributed by atoms with Crippen LogP contribution in [-0.2, 0) is 4.79 Å². The van der Waals surface area contributed by atoms with Gasteiger partial charge in [-0.1, -0.05) is 12.8 Å². The van der Waals surface area contributed by atoms with Gasteiger partial charge in [-0.05, 0) is 18.8 Å². The minimum absolute atomic E-state index is 0.285. The third-order valence-electron chi connectivity index (χ3n) is 3.69. The summed E-state index contributed by atoms with van der Waals surface area (Å²) in [6.07, 6.45) is 0.00894. The van der Waals surface area contributed by atoms with Crippen molar-refractivity contribution in [3.8, 4) is 0 Å². The highest BCUT2D eigenvalue weighted by atomic mass is 19.4. The zero-order valence-electron chi connectivity index (χ0n) is 11.1. The normalized spacial score (nSPS) is 20.9. The van der Waals surface area contributed by atoms with Gasteiger partial charge in [-0.2, -0.15) is 13.2 Å². The molecule has 0 unspecified atom stereocenters. The van der Waals surface area contributed by atoms with Crippen LogP contribution < -0.4 is 5.32 Å². The van der Waals surface area contributed by atoms with Gasteiger partial charge in [0.1, 0.15) is 13.1 Å². The first-order valence-electron chi connectivity index (χ1n) is 6.72. The molecule has 2 fully saturated rings. The van der Waals surface area contributed by atoms with E-state index in [9.17, 15) is 22.8 Å². The average molecular weight is 293 g/mol. The Hall–Kier alpha value is -1.47. The number of halogens is 3. The van der Waals surface area contributed by atoms with Gasteiger partial charge >= 0.3 is 12.2 Å². The fourth-order valence-electron chi connectivity index (χ4n) is 2.65. The minimum Gasteiger partial charge on any atom is -0.338 e. The molecule has 20 heavy (non-hydrogen) atoms. The summed E-state index contributed by atoms with van der Waals surface area (Å²) in [5.74, 6) is -0.220. The van der Waals surface area contributed by atoms with E-state index in [4.69, 9.17) is 0 Å². The number of urea groups is 1. The lowest BCUT2D eigenvalue weighted by atomic mass is 10.1. The lowest BCUT2D eigenvalue weighted by Crippen LogP contribution is -2.42. The third kappa shape index (κ3) is 4.01. The highest BCUT2D eigenvalue weighted by molar-refractivity contribution is 5.87. The highest BCUT2D eigenvalue weighted by Gasteiger charge is 2.38. The van der Waals surface area contributed by atoms with Crippen LogP contribution in [-0.4, -0.2) is 54.2 Å². The number of amides is 3. The van der Waals surface area contributed by atoms with Gasteiger partial charge in [-0.25, -0.2) is 4.79 Å². The second kappa shape index (κ2) is 5.88. The number of alkyl halides is 3. The van der Waals surface area contributed by atoms with Crippen molar-refractivity contribution in [3.05, 3.63) is 0 Å². The Bertz CT molecular complexity index is 381. The van der Waals surface area contributed by atoms with E-state index < -0.39 is 24.7 Å². The van der Waals surface area contributed by atoms with Gasteiger partial charge in [0.15, 0.2) is 0 Å². The third-order valence-corrected chi connectivity index (χ3v) is 3.69. The SMILES string of the molecule is O=C1CN(C(=O)NCC2CCCC2)CN1CC(F)(F)F. The van der Waals surface area contributed by atoms with E-state index in [2.05, 4.69) is 5.32 Å². The van der Waals surface area contributed by atoms with Crippen molar-refractivity contribution in [2.45, 2.75) is 31.9 Å². The Morgan fingerprint density at radius 2 is 1.95 bits per heavy atom. The molecule has 3 amide bonds. The summed E-state index contributed by atoms with van der Waals surface area (Å²) in [6, 6.07) is -0.463. The lowest BCUT2D eigenvalue weighted by molar-refractivity contribution is -0.157. The van der Waals surface area contributed by atoms with E-state index >= 15 is 0 Å². The van der Waals surface area contributed by atoms with Gasteiger partial charge in [0, 0.05) is 6.54 Å². The molecule has 1 saturated heterocycles. The molecule has 0 radical (unpaired) electrons.